The number of benzene rings is 2. The average Bonchev–Trinajstić information content (AvgIpc) is 2.87. The van der Waals surface area contributed by atoms with Gasteiger partial charge in [-0.25, -0.2) is 0 Å². The lowest BCUT2D eigenvalue weighted by Gasteiger charge is -2.08. The van der Waals surface area contributed by atoms with Crippen molar-refractivity contribution in [3.8, 4) is 0 Å². The first-order valence-electron chi connectivity index (χ1n) is 8.79. The van der Waals surface area contributed by atoms with Crippen LogP contribution in [0.1, 0.15) is 29.5 Å². The van der Waals surface area contributed by atoms with Crippen molar-refractivity contribution < 1.29 is 14.7 Å². The van der Waals surface area contributed by atoms with Crippen molar-refractivity contribution in [1.82, 2.24) is 4.57 Å². The molecule has 0 saturated heterocycles. The number of carbonyl (C=O) groups excluding carboxylic acids is 1. The molecule has 0 spiro atoms. The molecule has 0 atom stereocenters. The number of aliphatic carboxylic acids is 1. The fraction of sp³-hybridized carbons (Fsp3) is 0.238. The summed E-state index contributed by atoms with van der Waals surface area (Å²) in [5, 5.41) is 9.80. The molecule has 2 aromatic carbocycles. The third-order valence-electron chi connectivity index (χ3n) is 4.55. The molecule has 0 bridgehead atoms. The lowest BCUT2D eigenvalue weighted by molar-refractivity contribution is -0.137. The molecule has 0 unspecified atom stereocenters. The average molecular weight is 429 g/mol. The molecule has 0 saturated carbocycles. The molecule has 0 aliphatic carbocycles. The number of aromatic nitrogens is 1. The first-order chi connectivity index (χ1) is 13.0. The Morgan fingerprint density at radius 3 is 2.48 bits per heavy atom. The molecule has 0 aliphatic heterocycles. The highest BCUT2D eigenvalue weighted by atomic mass is 79.9. The number of primary amides is 1. The maximum atomic E-state index is 11.6. The maximum absolute atomic E-state index is 11.6. The van der Waals surface area contributed by atoms with Crippen LogP contribution in [0.2, 0.25) is 0 Å². The molecule has 6 heteroatoms. The standard InChI is InChI=1S/C21H21BrN2O3/c22-21-17(12-19(23)25)16-11-14(7-4-8-20(26)27)9-10-18(16)24(21)13-15-5-2-1-3-6-15/h1-3,5-6,9-11H,4,7-8,12-13H2,(H2,23,25)(H,26,27). The SMILES string of the molecule is NC(=O)Cc1c(Br)n(Cc2ccccc2)c2ccc(CCCC(=O)O)cc12. The second kappa shape index (κ2) is 8.39. The van der Waals surface area contributed by atoms with Crippen LogP contribution in [-0.2, 0) is 29.0 Å². The number of halogens is 1. The van der Waals surface area contributed by atoms with Crippen molar-refractivity contribution >= 4 is 38.7 Å². The van der Waals surface area contributed by atoms with Gasteiger partial charge in [-0.05, 0) is 52.0 Å². The molecular weight excluding hydrogens is 408 g/mol. The molecule has 140 valence electrons. The molecule has 0 radical (unpaired) electrons. The monoisotopic (exact) mass is 428 g/mol. The highest BCUT2D eigenvalue weighted by Crippen LogP contribution is 2.32. The summed E-state index contributed by atoms with van der Waals surface area (Å²) in [4.78, 5) is 22.3. The summed E-state index contributed by atoms with van der Waals surface area (Å²) < 4.78 is 2.98. The molecule has 3 N–H and O–H groups in total. The van der Waals surface area contributed by atoms with Crippen molar-refractivity contribution in [2.24, 2.45) is 5.73 Å². The van der Waals surface area contributed by atoms with Gasteiger partial charge in [0.25, 0.3) is 0 Å². The number of aryl methyl sites for hydroxylation is 1. The van der Waals surface area contributed by atoms with Crippen LogP contribution in [0.5, 0.6) is 0 Å². The van der Waals surface area contributed by atoms with Crippen LogP contribution >= 0.6 is 15.9 Å². The molecule has 3 aromatic rings. The van der Waals surface area contributed by atoms with E-state index in [4.69, 9.17) is 10.8 Å². The zero-order chi connectivity index (χ0) is 19.4. The number of fused-ring (bicyclic) bond motifs is 1. The van der Waals surface area contributed by atoms with E-state index in [0.717, 1.165) is 32.2 Å². The Hall–Kier alpha value is -2.60. The van der Waals surface area contributed by atoms with Gasteiger partial charge in [-0.1, -0.05) is 36.4 Å². The van der Waals surface area contributed by atoms with Gasteiger partial charge in [0.05, 0.1) is 11.0 Å². The summed E-state index contributed by atoms with van der Waals surface area (Å²) in [6, 6.07) is 16.2. The number of rotatable bonds is 8. The fourth-order valence-corrected chi connectivity index (χ4v) is 3.97. The van der Waals surface area contributed by atoms with E-state index < -0.39 is 5.97 Å². The minimum atomic E-state index is -0.790. The van der Waals surface area contributed by atoms with Crippen LogP contribution in [0.3, 0.4) is 0 Å². The maximum Gasteiger partial charge on any atom is 0.303 e. The van der Waals surface area contributed by atoms with Crippen molar-refractivity contribution in [3.05, 3.63) is 69.8 Å². The summed E-state index contributed by atoms with van der Waals surface area (Å²) >= 11 is 3.65. The molecule has 1 amide bonds. The van der Waals surface area contributed by atoms with Crippen molar-refractivity contribution in [3.63, 3.8) is 0 Å². The van der Waals surface area contributed by atoms with Gasteiger partial charge in [0, 0.05) is 29.4 Å². The minimum Gasteiger partial charge on any atom is -0.481 e. The quantitative estimate of drug-likeness (QED) is 0.570. The second-order valence-corrected chi connectivity index (χ2v) is 7.33. The van der Waals surface area contributed by atoms with Gasteiger partial charge >= 0.3 is 5.97 Å². The Labute approximate surface area is 165 Å². The van der Waals surface area contributed by atoms with Crippen LogP contribution in [0.4, 0.5) is 0 Å². The molecule has 0 aliphatic rings. The number of hydrogen-bond acceptors (Lipinski definition) is 2. The summed E-state index contributed by atoms with van der Waals surface area (Å²) in [6.45, 7) is 0.676. The van der Waals surface area contributed by atoms with E-state index in [1.165, 1.54) is 0 Å². The molecule has 5 nitrogen and oxygen atoms in total. The Bertz CT molecular complexity index is 980. The largest absolute Gasteiger partial charge is 0.481 e. The Morgan fingerprint density at radius 1 is 1.07 bits per heavy atom. The van der Waals surface area contributed by atoms with Crippen molar-refractivity contribution in [1.29, 1.82) is 0 Å². The second-order valence-electron chi connectivity index (χ2n) is 6.58. The zero-order valence-electron chi connectivity index (χ0n) is 14.8. The first-order valence-corrected chi connectivity index (χ1v) is 9.58. The van der Waals surface area contributed by atoms with Crippen LogP contribution in [0.25, 0.3) is 10.9 Å². The van der Waals surface area contributed by atoms with E-state index in [9.17, 15) is 9.59 Å². The van der Waals surface area contributed by atoms with Crippen LogP contribution in [0.15, 0.2) is 53.1 Å². The molecule has 0 fully saturated rings. The van der Waals surface area contributed by atoms with E-state index in [1.54, 1.807) is 0 Å². The van der Waals surface area contributed by atoms with Gasteiger partial charge < -0.3 is 15.4 Å². The predicted molar refractivity (Wildman–Crippen MR) is 109 cm³/mol. The van der Waals surface area contributed by atoms with Gasteiger partial charge in [-0.2, -0.15) is 0 Å². The molecule has 27 heavy (non-hydrogen) atoms. The van der Waals surface area contributed by atoms with Gasteiger partial charge in [0.15, 0.2) is 0 Å². The first kappa shape index (κ1) is 19.2. The van der Waals surface area contributed by atoms with E-state index >= 15 is 0 Å². The molecule has 1 aromatic heterocycles. The van der Waals surface area contributed by atoms with Gasteiger partial charge in [-0.3, -0.25) is 9.59 Å². The predicted octanol–water partition coefficient (Wildman–Crippen LogP) is 3.89. The number of nitrogens with two attached hydrogens (primary N) is 1. The third-order valence-corrected chi connectivity index (χ3v) is 5.46. The van der Waals surface area contributed by atoms with Crippen LogP contribution in [0, 0.1) is 0 Å². The van der Waals surface area contributed by atoms with E-state index in [2.05, 4.69) is 32.6 Å². The summed E-state index contributed by atoms with van der Waals surface area (Å²) in [6.07, 6.45) is 1.56. The third kappa shape index (κ3) is 4.57. The van der Waals surface area contributed by atoms with Crippen molar-refractivity contribution in [2.45, 2.75) is 32.2 Å². The normalized spacial score (nSPS) is 11.0. The highest BCUT2D eigenvalue weighted by Gasteiger charge is 2.17. The number of carboxylic acids is 1. The summed E-state index contributed by atoms with van der Waals surface area (Å²) in [5.41, 5.74) is 9.56. The molecular formula is C21H21BrN2O3. The van der Waals surface area contributed by atoms with E-state index in [-0.39, 0.29) is 18.7 Å². The van der Waals surface area contributed by atoms with Gasteiger partial charge in [0.1, 0.15) is 0 Å². The van der Waals surface area contributed by atoms with Crippen molar-refractivity contribution in [2.75, 3.05) is 0 Å². The minimum absolute atomic E-state index is 0.144. The lowest BCUT2D eigenvalue weighted by atomic mass is 10.0. The zero-order valence-corrected chi connectivity index (χ0v) is 16.4. The van der Waals surface area contributed by atoms with E-state index in [0.29, 0.717) is 19.4 Å². The Kier molecular flexibility index (Phi) is 5.96. The number of carbonyl (C=O) groups is 2. The van der Waals surface area contributed by atoms with Gasteiger partial charge in [-0.15, -0.1) is 0 Å². The Morgan fingerprint density at radius 2 is 1.81 bits per heavy atom. The number of amides is 1. The fourth-order valence-electron chi connectivity index (χ4n) is 3.30. The van der Waals surface area contributed by atoms with E-state index in [1.807, 2.05) is 36.4 Å². The topological polar surface area (TPSA) is 85.3 Å². The van der Waals surface area contributed by atoms with Crippen LogP contribution < -0.4 is 5.73 Å². The van der Waals surface area contributed by atoms with Crippen LogP contribution in [-0.4, -0.2) is 21.6 Å². The molecule has 3 rings (SSSR count). The summed E-state index contributed by atoms with van der Waals surface area (Å²) in [5.74, 6) is -1.17. The number of carboxylic acid groups (broad SMARTS) is 1. The number of hydrogen-bond donors (Lipinski definition) is 2. The summed E-state index contributed by atoms with van der Waals surface area (Å²) in [7, 11) is 0. The smallest absolute Gasteiger partial charge is 0.303 e. The molecule has 1 heterocycles. The van der Waals surface area contributed by atoms with Gasteiger partial charge in [0.2, 0.25) is 5.91 Å². The highest BCUT2D eigenvalue weighted by molar-refractivity contribution is 9.10. The lowest BCUT2D eigenvalue weighted by Crippen LogP contribution is -2.14. The number of nitrogens with zero attached hydrogens (tertiary/aromatic N) is 1. The Balaban J connectivity index is 2.01.